The summed E-state index contributed by atoms with van der Waals surface area (Å²) in [5.41, 5.74) is 8.05. The van der Waals surface area contributed by atoms with E-state index >= 15 is 0 Å². The van der Waals surface area contributed by atoms with Gasteiger partial charge in [-0.25, -0.2) is 4.57 Å². The summed E-state index contributed by atoms with van der Waals surface area (Å²) in [5, 5.41) is 1.08. The van der Waals surface area contributed by atoms with Gasteiger partial charge in [0.1, 0.15) is 17.8 Å². The Hall–Kier alpha value is -1.10. The Balaban J connectivity index is 0.00000133. The summed E-state index contributed by atoms with van der Waals surface area (Å²) in [6, 6.07) is 9.56. The molecule has 2 heterocycles. The molecule has 1 aliphatic rings. The second kappa shape index (κ2) is 5.49. The molecule has 0 radical (unpaired) electrons. The molecule has 0 atom stereocenters. The molecule has 0 saturated carbocycles. The van der Waals surface area contributed by atoms with E-state index in [-0.39, 0.29) is 17.0 Å². The lowest BCUT2D eigenvalue weighted by atomic mass is 10.1. The fourth-order valence-electron chi connectivity index (χ4n) is 2.07. The number of fused-ring (bicyclic) bond motifs is 2. The Morgan fingerprint density at radius 1 is 1.21 bits per heavy atom. The fourth-order valence-corrected chi connectivity index (χ4v) is 2.63. The molecule has 0 aliphatic carbocycles. The number of rotatable bonds is 0. The van der Waals surface area contributed by atoms with Crippen LogP contribution >= 0.6 is 23.2 Å². The van der Waals surface area contributed by atoms with E-state index in [4.69, 9.17) is 28.9 Å². The zero-order chi connectivity index (χ0) is 12.7. The lowest BCUT2D eigenvalue weighted by Gasteiger charge is -2.04. The van der Waals surface area contributed by atoms with Crippen LogP contribution in [0.1, 0.15) is 11.1 Å². The van der Waals surface area contributed by atoms with Crippen molar-refractivity contribution in [3.63, 3.8) is 0 Å². The zero-order valence-electron chi connectivity index (χ0n) is 9.78. The second-order valence-electron chi connectivity index (χ2n) is 4.11. The number of hydrogen-bond acceptors (Lipinski definition) is 2. The number of nitrogens with two attached hydrogens (primary N) is 1. The third-order valence-electron chi connectivity index (χ3n) is 2.89. The number of benzene rings is 1. The van der Waals surface area contributed by atoms with E-state index in [0.717, 1.165) is 11.1 Å². The molecule has 1 aromatic carbocycles. The van der Waals surface area contributed by atoms with Crippen molar-refractivity contribution in [3.05, 3.63) is 57.7 Å². The third-order valence-corrected chi connectivity index (χ3v) is 3.37. The van der Waals surface area contributed by atoms with Gasteiger partial charge in [0.15, 0.2) is 0 Å². The summed E-state index contributed by atoms with van der Waals surface area (Å²) in [6.45, 7) is 0.649. The van der Waals surface area contributed by atoms with Gasteiger partial charge in [-0.2, -0.15) is 0 Å². The van der Waals surface area contributed by atoms with E-state index in [1.165, 1.54) is 0 Å². The Kier molecular flexibility index (Phi) is 4.13. The fraction of sp³-hybridized carbons (Fsp3) is 0.0769. The first-order chi connectivity index (χ1) is 8.65. The Labute approximate surface area is 131 Å². The molecule has 0 fully saturated rings. The molecule has 2 N–H and O–H groups in total. The summed E-state index contributed by atoms with van der Waals surface area (Å²) in [5.74, 6) is 1.11. The highest BCUT2D eigenvalue weighted by Gasteiger charge is 2.24. The summed E-state index contributed by atoms with van der Waals surface area (Å²) >= 11 is 12.2. The van der Waals surface area contributed by atoms with Crippen molar-refractivity contribution in [3.8, 4) is 0 Å². The minimum Gasteiger partial charge on any atom is -1.00 e. The molecule has 6 heteroatoms. The van der Waals surface area contributed by atoms with Gasteiger partial charge < -0.3 is 22.7 Å². The number of pyridine rings is 1. The maximum atomic E-state index is 6.16. The number of hydrogen-bond donors (Lipinski definition) is 1. The molecular weight excluding hydrogens is 349 g/mol. The maximum absolute atomic E-state index is 6.16. The normalized spacial score (nSPS) is 12.6. The monoisotopic (exact) mass is 357 g/mol. The molecular formula is C13H10BrCl2N3. The minimum atomic E-state index is 0. The predicted octanol–water partition coefficient (Wildman–Crippen LogP) is -0.316. The summed E-state index contributed by atoms with van der Waals surface area (Å²) in [7, 11) is 0. The largest absolute Gasteiger partial charge is 1.00 e. The van der Waals surface area contributed by atoms with E-state index in [1.807, 2.05) is 35.0 Å². The van der Waals surface area contributed by atoms with E-state index in [2.05, 4.69) is 4.99 Å². The second-order valence-corrected chi connectivity index (χ2v) is 4.96. The number of halogens is 3. The average molecular weight is 359 g/mol. The first kappa shape index (κ1) is 14.3. The SMILES string of the molecule is NC1=Nc2c(Cl)cc(Cl)c[n+]2Cc2ccccc21.[Br-]. The Morgan fingerprint density at radius 3 is 2.74 bits per heavy atom. The topological polar surface area (TPSA) is 42.3 Å². The van der Waals surface area contributed by atoms with Crippen molar-refractivity contribution in [2.75, 3.05) is 0 Å². The minimum absolute atomic E-state index is 0. The van der Waals surface area contributed by atoms with E-state index in [9.17, 15) is 0 Å². The van der Waals surface area contributed by atoms with Crippen LogP contribution in [0.25, 0.3) is 0 Å². The molecule has 1 aliphatic heterocycles. The van der Waals surface area contributed by atoms with Crippen molar-refractivity contribution >= 4 is 34.9 Å². The van der Waals surface area contributed by atoms with E-state index in [0.29, 0.717) is 28.2 Å². The molecule has 0 spiro atoms. The van der Waals surface area contributed by atoms with E-state index in [1.54, 1.807) is 6.07 Å². The number of amidine groups is 1. The molecule has 0 bridgehead atoms. The summed E-state index contributed by atoms with van der Waals surface area (Å²) in [4.78, 5) is 4.39. The van der Waals surface area contributed by atoms with Crippen LogP contribution in [-0.2, 0) is 6.54 Å². The van der Waals surface area contributed by atoms with Crippen LogP contribution in [0.2, 0.25) is 10.0 Å². The Morgan fingerprint density at radius 2 is 1.95 bits per heavy atom. The van der Waals surface area contributed by atoms with Gasteiger partial charge in [0.05, 0.1) is 10.6 Å². The number of aromatic nitrogens is 1. The molecule has 0 unspecified atom stereocenters. The van der Waals surface area contributed by atoms with Crippen molar-refractivity contribution in [2.45, 2.75) is 6.54 Å². The maximum Gasteiger partial charge on any atom is 0.344 e. The van der Waals surface area contributed by atoms with Crippen molar-refractivity contribution in [1.29, 1.82) is 0 Å². The van der Waals surface area contributed by atoms with Gasteiger partial charge in [-0.05, 0) is 17.1 Å². The highest BCUT2D eigenvalue weighted by atomic mass is 79.9. The van der Waals surface area contributed by atoms with Crippen LogP contribution in [0.4, 0.5) is 5.82 Å². The molecule has 19 heavy (non-hydrogen) atoms. The van der Waals surface area contributed by atoms with Gasteiger partial charge in [0, 0.05) is 5.56 Å². The summed E-state index contributed by atoms with van der Waals surface area (Å²) in [6.07, 6.45) is 1.81. The van der Waals surface area contributed by atoms with Crippen molar-refractivity contribution < 1.29 is 21.5 Å². The summed E-state index contributed by atoms with van der Waals surface area (Å²) < 4.78 is 1.91. The van der Waals surface area contributed by atoms with Crippen molar-refractivity contribution in [2.24, 2.45) is 10.7 Å². The van der Waals surface area contributed by atoms with Crippen LogP contribution in [0.3, 0.4) is 0 Å². The van der Waals surface area contributed by atoms with Gasteiger partial charge in [-0.1, -0.05) is 41.4 Å². The third kappa shape index (κ3) is 2.61. The van der Waals surface area contributed by atoms with E-state index < -0.39 is 0 Å². The lowest BCUT2D eigenvalue weighted by molar-refractivity contribution is -0.675. The van der Waals surface area contributed by atoms with Gasteiger partial charge in [-0.15, -0.1) is 0 Å². The highest BCUT2D eigenvalue weighted by molar-refractivity contribution is 6.35. The first-order valence-electron chi connectivity index (χ1n) is 5.46. The highest BCUT2D eigenvalue weighted by Crippen LogP contribution is 2.26. The molecule has 2 aromatic rings. The van der Waals surface area contributed by atoms with Gasteiger partial charge in [-0.3, -0.25) is 0 Å². The van der Waals surface area contributed by atoms with Gasteiger partial charge >= 0.3 is 5.82 Å². The Bertz CT molecular complexity index is 671. The molecule has 3 nitrogen and oxygen atoms in total. The smallest absolute Gasteiger partial charge is 0.344 e. The molecule has 3 rings (SSSR count). The number of aliphatic imine (C=N–C) groups is 1. The zero-order valence-corrected chi connectivity index (χ0v) is 12.9. The van der Waals surface area contributed by atoms with Crippen LogP contribution in [0, 0.1) is 0 Å². The predicted molar refractivity (Wildman–Crippen MR) is 72.6 cm³/mol. The van der Waals surface area contributed by atoms with Gasteiger partial charge in [0.2, 0.25) is 5.84 Å². The lowest BCUT2D eigenvalue weighted by Crippen LogP contribution is -3.00. The average Bonchev–Trinajstić information content (AvgIpc) is 2.47. The molecule has 98 valence electrons. The number of nitrogens with zero attached hydrogens (tertiary/aromatic N) is 2. The van der Waals surface area contributed by atoms with Gasteiger partial charge in [0.25, 0.3) is 0 Å². The molecule has 1 aromatic heterocycles. The standard InChI is InChI=1S/C13H9Cl2N3.BrH/c14-9-5-11(15)13-17-12(16)10-4-2-1-3-8(10)6-18(13)7-9;/h1-5,7,16H,6H2;1H. The van der Waals surface area contributed by atoms with Crippen LogP contribution in [0.15, 0.2) is 41.5 Å². The van der Waals surface area contributed by atoms with Crippen LogP contribution in [0.5, 0.6) is 0 Å². The molecule has 0 saturated heterocycles. The van der Waals surface area contributed by atoms with Crippen LogP contribution < -0.4 is 27.3 Å². The first-order valence-corrected chi connectivity index (χ1v) is 6.21. The molecule has 0 amide bonds. The quantitative estimate of drug-likeness (QED) is 0.645. The van der Waals surface area contributed by atoms with Crippen LogP contribution in [-0.4, -0.2) is 5.84 Å². The van der Waals surface area contributed by atoms with Crippen molar-refractivity contribution in [1.82, 2.24) is 0 Å².